The van der Waals surface area contributed by atoms with Crippen molar-refractivity contribution in [2.24, 2.45) is 4.99 Å². The number of fused-ring (bicyclic) bond motifs is 1. The molecule has 0 bridgehead atoms. The highest BCUT2D eigenvalue weighted by atomic mass is 127. The van der Waals surface area contributed by atoms with Crippen LogP contribution in [0.25, 0.3) is 0 Å². The number of nitrogens with zero attached hydrogens (tertiary/aromatic N) is 2. The van der Waals surface area contributed by atoms with Crippen LogP contribution < -0.4 is 15.4 Å². The van der Waals surface area contributed by atoms with Crippen molar-refractivity contribution in [2.45, 2.75) is 45.6 Å². The Bertz CT molecular complexity index is 867. The Balaban J connectivity index is 0.00000289. The largest absolute Gasteiger partial charge is 0.488 e. The lowest BCUT2D eigenvalue weighted by atomic mass is 10.1. The smallest absolute Gasteiger partial charge is 0.191 e. The minimum Gasteiger partial charge on any atom is -0.488 e. The fourth-order valence-electron chi connectivity index (χ4n) is 4.21. The van der Waals surface area contributed by atoms with Crippen molar-refractivity contribution in [3.63, 3.8) is 0 Å². The maximum atomic E-state index is 6.03. The number of para-hydroxylation sites is 1. The molecule has 0 aromatic heterocycles. The van der Waals surface area contributed by atoms with Crippen molar-refractivity contribution in [1.82, 2.24) is 15.5 Å². The molecule has 0 radical (unpaired) electrons. The highest BCUT2D eigenvalue weighted by Gasteiger charge is 2.22. The van der Waals surface area contributed by atoms with Crippen LogP contribution in [0.2, 0.25) is 0 Å². The lowest BCUT2D eigenvalue weighted by Crippen LogP contribution is -2.42. The maximum Gasteiger partial charge on any atom is 0.191 e. The van der Waals surface area contributed by atoms with E-state index in [-0.39, 0.29) is 30.1 Å². The molecule has 0 aliphatic carbocycles. The zero-order valence-electron chi connectivity index (χ0n) is 19.0. The first-order valence-corrected chi connectivity index (χ1v) is 11.4. The van der Waals surface area contributed by atoms with Gasteiger partial charge in [-0.2, -0.15) is 0 Å². The quantitative estimate of drug-likeness (QED) is 0.314. The number of hydrogen-bond acceptors (Lipinski definition) is 4. The number of nitrogens with one attached hydrogen (secondary N) is 2. The molecule has 2 atom stereocenters. The molecule has 6 nitrogen and oxygen atoms in total. The van der Waals surface area contributed by atoms with Gasteiger partial charge in [-0.05, 0) is 36.6 Å². The number of hydrogen-bond donors (Lipinski definition) is 2. The lowest BCUT2D eigenvalue weighted by molar-refractivity contribution is -0.0212. The van der Waals surface area contributed by atoms with Gasteiger partial charge in [0.2, 0.25) is 0 Å². The number of rotatable bonds is 7. The lowest BCUT2D eigenvalue weighted by Gasteiger charge is -2.31. The van der Waals surface area contributed by atoms with Gasteiger partial charge in [0, 0.05) is 32.6 Å². The maximum absolute atomic E-state index is 6.03. The van der Waals surface area contributed by atoms with Gasteiger partial charge in [0.25, 0.3) is 0 Å². The van der Waals surface area contributed by atoms with E-state index >= 15 is 0 Å². The van der Waals surface area contributed by atoms with Gasteiger partial charge in [-0.3, -0.25) is 4.90 Å². The molecule has 7 heteroatoms. The van der Waals surface area contributed by atoms with E-state index in [4.69, 9.17) is 14.5 Å². The Morgan fingerprint density at radius 1 is 1.12 bits per heavy atom. The van der Waals surface area contributed by atoms with Crippen molar-refractivity contribution in [3.8, 4) is 5.75 Å². The molecule has 1 saturated heterocycles. The molecule has 2 aromatic carbocycles. The minimum absolute atomic E-state index is 0. The Hall–Kier alpha value is -1.84. The summed E-state index contributed by atoms with van der Waals surface area (Å²) in [6, 6.07) is 17.0. The highest BCUT2D eigenvalue weighted by molar-refractivity contribution is 14.0. The highest BCUT2D eigenvalue weighted by Crippen LogP contribution is 2.27. The number of halogens is 1. The van der Waals surface area contributed by atoms with Crippen LogP contribution in [0.4, 0.5) is 0 Å². The fraction of sp³-hybridized carbons (Fsp3) is 0.480. The van der Waals surface area contributed by atoms with Gasteiger partial charge in [0.1, 0.15) is 11.9 Å². The summed E-state index contributed by atoms with van der Waals surface area (Å²) in [7, 11) is 0. The van der Waals surface area contributed by atoms with E-state index in [1.54, 1.807) is 0 Å². The first-order chi connectivity index (χ1) is 15.2. The fourth-order valence-corrected chi connectivity index (χ4v) is 4.21. The van der Waals surface area contributed by atoms with E-state index in [9.17, 15) is 0 Å². The van der Waals surface area contributed by atoms with E-state index < -0.39 is 0 Å². The molecular weight excluding hydrogens is 515 g/mol. The second-order valence-corrected chi connectivity index (χ2v) is 8.36. The van der Waals surface area contributed by atoms with Gasteiger partial charge in [-0.25, -0.2) is 4.99 Å². The Morgan fingerprint density at radius 3 is 2.78 bits per heavy atom. The second kappa shape index (κ2) is 12.4. The van der Waals surface area contributed by atoms with Gasteiger partial charge in [-0.1, -0.05) is 42.5 Å². The van der Waals surface area contributed by atoms with E-state index in [1.807, 2.05) is 12.1 Å². The van der Waals surface area contributed by atoms with Crippen molar-refractivity contribution in [3.05, 3.63) is 65.2 Å². The third kappa shape index (κ3) is 7.08. The summed E-state index contributed by atoms with van der Waals surface area (Å²) in [6.07, 6.45) is 1.39. The van der Waals surface area contributed by atoms with Crippen LogP contribution in [0.15, 0.2) is 53.5 Å². The average Bonchev–Trinajstić information content (AvgIpc) is 3.19. The molecule has 0 spiro atoms. The van der Waals surface area contributed by atoms with Crippen LogP contribution in [-0.2, 0) is 24.2 Å². The van der Waals surface area contributed by atoms with E-state index in [2.05, 4.69) is 65.8 Å². The third-order valence-electron chi connectivity index (χ3n) is 5.70. The molecule has 2 aliphatic heterocycles. The minimum atomic E-state index is 0. The molecule has 0 saturated carbocycles. The topological polar surface area (TPSA) is 58.1 Å². The average molecular weight is 550 g/mol. The van der Waals surface area contributed by atoms with E-state index in [1.165, 1.54) is 16.7 Å². The standard InChI is InChI=1S/C25H34N4O2.HI/c1-3-26-25(28-16-23-14-22-9-4-5-10-24(22)31-23)27-15-20-7-6-8-21(13-20)18-29-11-12-30-19(2)17-29;/h4-10,13,19,23H,3,11-12,14-18H2,1-2H3,(H2,26,27,28);1H. The van der Waals surface area contributed by atoms with Crippen LogP contribution in [0.5, 0.6) is 5.75 Å². The molecule has 174 valence electrons. The number of aliphatic imine (C=N–C) groups is 1. The third-order valence-corrected chi connectivity index (χ3v) is 5.70. The van der Waals surface area contributed by atoms with E-state index in [0.717, 1.165) is 57.5 Å². The summed E-state index contributed by atoms with van der Waals surface area (Å²) < 4.78 is 11.7. The predicted molar refractivity (Wildman–Crippen MR) is 140 cm³/mol. The van der Waals surface area contributed by atoms with Crippen LogP contribution in [0.3, 0.4) is 0 Å². The Labute approximate surface area is 208 Å². The summed E-state index contributed by atoms with van der Waals surface area (Å²) in [5.74, 6) is 1.83. The molecular formula is C25H35IN4O2. The van der Waals surface area contributed by atoms with Crippen molar-refractivity contribution < 1.29 is 9.47 Å². The number of morpholine rings is 1. The number of benzene rings is 2. The molecule has 2 heterocycles. The predicted octanol–water partition coefficient (Wildman–Crippen LogP) is 3.58. The molecule has 32 heavy (non-hydrogen) atoms. The molecule has 2 aliphatic rings. The SMILES string of the molecule is CCNC(=NCc1cccc(CN2CCOC(C)C2)c1)NCC1Cc2ccccc2O1.I. The van der Waals surface area contributed by atoms with Crippen LogP contribution in [-0.4, -0.2) is 55.9 Å². The molecule has 4 rings (SSSR count). The zero-order valence-corrected chi connectivity index (χ0v) is 21.4. The molecule has 0 amide bonds. The van der Waals surface area contributed by atoms with Gasteiger partial charge in [-0.15, -0.1) is 24.0 Å². The molecule has 1 fully saturated rings. The van der Waals surface area contributed by atoms with Crippen molar-refractivity contribution in [1.29, 1.82) is 0 Å². The number of guanidine groups is 1. The normalized spacial score (nSPS) is 20.8. The van der Waals surface area contributed by atoms with E-state index in [0.29, 0.717) is 12.6 Å². The number of ether oxygens (including phenoxy) is 2. The Kier molecular flexibility index (Phi) is 9.62. The van der Waals surface area contributed by atoms with Crippen LogP contribution in [0, 0.1) is 0 Å². The monoisotopic (exact) mass is 550 g/mol. The van der Waals surface area contributed by atoms with Crippen molar-refractivity contribution in [2.75, 3.05) is 32.8 Å². The first kappa shape index (κ1) is 24.8. The summed E-state index contributed by atoms with van der Waals surface area (Å²) in [6.45, 7) is 10.2. The summed E-state index contributed by atoms with van der Waals surface area (Å²) in [5, 5.41) is 6.79. The van der Waals surface area contributed by atoms with Crippen LogP contribution in [0.1, 0.15) is 30.5 Å². The van der Waals surface area contributed by atoms with Gasteiger partial charge >= 0.3 is 0 Å². The second-order valence-electron chi connectivity index (χ2n) is 8.36. The van der Waals surface area contributed by atoms with Gasteiger partial charge < -0.3 is 20.1 Å². The van der Waals surface area contributed by atoms with Crippen LogP contribution >= 0.6 is 24.0 Å². The molecule has 2 aromatic rings. The molecule has 2 unspecified atom stereocenters. The van der Waals surface area contributed by atoms with Gasteiger partial charge in [0.05, 0.1) is 25.8 Å². The Morgan fingerprint density at radius 2 is 1.97 bits per heavy atom. The first-order valence-electron chi connectivity index (χ1n) is 11.4. The van der Waals surface area contributed by atoms with Gasteiger partial charge in [0.15, 0.2) is 5.96 Å². The zero-order chi connectivity index (χ0) is 21.5. The summed E-state index contributed by atoms with van der Waals surface area (Å²) in [4.78, 5) is 7.26. The summed E-state index contributed by atoms with van der Waals surface area (Å²) >= 11 is 0. The van der Waals surface area contributed by atoms with Crippen molar-refractivity contribution >= 4 is 29.9 Å². The summed E-state index contributed by atoms with van der Waals surface area (Å²) in [5.41, 5.74) is 3.83. The molecule has 2 N–H and O–H groups in total.